The second kappa shape index (κ2) is 6.84. The minimum absolute atomic E-state index is 0.175. The molecule has 142 valence electrons. The molecule has 3 aromatic heterocycles. The highest BCUT2D eigenvalue weighted by Gasteiger charge is 2.19. The fourth-order valence-corrected chi connectivity index (χ4v) is 3.92. The summed E-state index contributed by atoms with van der Waals surface area (Å²) in [6.07, 6.45) is 0. The number of imidazole rings is 1. The van der Waals surface area contributed by atoms with E-state index in [0.717, 1.165) is 16.6 Å². The number of rotatable bonds is 3. The minimum atomic E-state index is -0.401. The van der Waals surface area contributed by atoms with Crippen molar-refractivity contribution in [3.63, 3.8) is 0 Å². The predicted molar refractivity (Wildman–Crippen MR) is 112 cm³/mol. The molecule has 4 rings (SSSR count). The Balaban J connectivity index is 1.96. The van der Waals surface area contributed by atoms with Gasteiger partial charge in [-0.05, 0) is 40.4 Å². The average Bonchev–Trinajstić information content (AvgIpc) is 3.19. The number of para-hydroxylation sites is 1. The van der Waals surface area contributed by atoms with E-state index < -0.39 is 5.69 Å². The summed E-state index contributed by atoms with van der Waals surface area (Å²) in [5.41, 5.74) is 1.84. The summed E-state index contributed by atoms with van der Waals surface area (Å²) >= 11 is 3.38. The Hall–Kier alpha value is -3.05. The maximum Gasteiger partial charge on any atom is 0.332 e. The van der Waals surface area contributed by atoms with Crippen molar-refractivity contribution >= 4 is 38.0 Å². The van der Waals surface area contributed by atoms with Crippen LogP contribution in [0.1, 0.15) is 12.6 Å². The van der Waals surface area contributed by atoms with Crippen molar-refractivity contribution in [1.29, 1.82) is 0 Å². The Morgan fingerprint density at radius 1 is 1.11 bits per heavy atom. The Morgan fingerprint density at radius 2 is 1.86 bits per heavy atom. The first-order valence-electron chi connectivity index (χ1n) is 8.72. The number of nitrogens with zero attached hydrogens (tertiary/aromatic N) is 5. The molecule has 4 aromatic rings. The molecule has 0 bridgehead atoms. The van der Waals surface area contributed by atoms with Gasteiger partial charge < -0.3 is 9.13 Å². The highest BCUT2D eigenvalue weighted by molar-refractivity contribution is 9.10. The minimum Gasteiger partial charge on any atom is -0.346 e. The lowest BCUT2D eigenvalue weighted by Gasteiger charge is -2.10. The van der Waals surface area contributed by atoms with Crippen LogP contribution in [0.4, 0.5) is 0 Å². The lowest BCUT2D eigenvalue weighted by Crippen LogP contribution is -2.40. The molecule has 7 nitrogen and oxygen atoms in total. The van der Waals surface area contributed by atoms with E-state index in [1.54, 1.807) is 18.5 Å². The van der Waals surface area contributed by atoms with Gasteiger partial charge in [0.2, 0.25) is 0 Å². The highest BCUT2D eigenvalue weighted by atomic mass is 79.9. The summed E-state index contributed by atoms with van der Waals surface area (Å²) in [6.45, 7) is 2.23. The molecule has 0 saturated heterocycles. The van der Waals surface area contributed by atoms with Crippen molar-refractivity contribution in [1.82, 2.24) is 23.3 Å². The van der Waals surface area contributed by atoms with E-state index in [4.69, 9.17) is 0 Å². The molecule has 0 aliphatic heterocycles. The first-order chi connectivity index (χ1) is 13.4. The van der Waals surface area contributed by atoms with Gasteiger partial charge in [0.25, 0.3) is 5.56 Å². The molecule has 3 heterocycles. The number of halogens is 1. The number of aromatic nitrogens is 5. The molecule has 0 N–H and O–H groups in total. The van der Waals surface area contributed by atoms with E-state index in [1.807, 2.05) is 41.9 Å². The number of hydrogen-bond acceptors (Lipinski definition) is 3. The van der Waals surface area contributed by atoms with Crippen molar-refractivity contribution in [2.75, 3.05) is 0 Å². The van der Waals surface area contributed by atoms with Crippen LogP contribution in [0, 0.1) is 11.8 Å². The number of hydrogen-bond donors (Lipinski definition) is 0. The van der Waals surface area contributed by atoms with Crippen molar-refractivity contribution in [3.05, 3.63) is 61.6 Å². The SMILES string of the molecule is CC#CCn1c(Br)nc2c1c(=O)n(Cc1cc3ccccc3n1C)c(=O)n2C. The normalized spacial score (nSPS) is 11.1. The zero-order chi connectivity index (χ0) is 20.0. The smallest absolute Gasteiger partial charge is 0.332 e. The largest absolute Gasteiger partial charge is 0.346 e. The van der Waals surface area contributed by atoms with E-state index in [1.165, 1.54) is 9.13 Å². The Bertz CT molecular complexity index is 1410. The molecule has 8 heteroatoms. The van der Waals surface area contributed by atoms with Crippen molar-refractivity contribution in [3.8, 4) is 11.8 Å². The third-order valence-corrected chi connectivity index (χ3v) is 5.58. The van der Waals surface area contributed by atoms with Gasteiger partial charge in [-0.1, -0.05) is 24.1 Å². The molecule has 0 aliphatic carbocycles. The van der Waals surface area contributed by atoms with Crippen LogP contribution in [0.25, 0.3) is 22.1 Å². The summed E-state index contributed by atoms with van der Waals surface area (Å²) < 4.78 is 6.81. The van der Waals surface area contributed by atoms with E-state index >= 15 is 0 Å². The number of aryl methyl sites for hydroxylation is 2. The maximum absolute atomic E-state index is 13.2. The van der Waals surface area contributed by atoms with Gasteiger partial charge in [0, 0.05) is 25.3 Å². The summed E-state index contributed by atoms with van der Waals surface area (Å²) in [7, 11) is 3.56. The van der Waals surface area contributed by atoms with Crippen molar-refractivity contribution < 1.29 is 0 Å². The van der Waals surface area contributed by atoms with Gasteiger partial charge in [0.15, 0.2) is 15.9 Å². The molecule has 0 saturated carbocycles. The fraction of sp³-hybridized carbons (Fsp3) is 0.250. The van der Waals surface area contributed by atoms with Crippen LogP contribution in [-0.4, -0.2) is 23.3 Å². The molecular weight excluding hydrogens is 422 g/mol. The van der Waals surface area contributed by atoms with Crippen LogP contribution in [0.15, 0.2) is 44.7 Å². The van der Waals surface area contributed by atoms with Crippen molar-refractivity contribution in [2.45, 2.75) is 20.0 Å². The molecule has 0 aliphatic rings. The summed E-state index contributed by atoms with van der Waals surface area (Å²) in [5.74, 6) is 5.76. The molecule has 0 unspecified atom stereocenters. The molecule has 0 fully saturated rings. The Kier molecular flexibility index (Phi) is 4.47. The van der Waals surface area contributed by atoms with Gasteiger partial charge in [-0.15, -0.1) is 5.92 Å². The first-order valence-corrected chi connectivity index (χ1v) is 9.51. The van der Waals surface area contributed by atoms with E-state index in [9.17, 15) is 9.59 Å². The van der Waals surface area contributed by atoms with Crippen LogP contribution in [0.3, 0.4) is 0 Å². The zero-order valence-electron chi connectivity index (χ0n) is 15.7. The number of fused-ring (bicyclic) bond motifs is 2. The fourth-order valence-electron chi connectivity index (χ4n) is 3.45. The molecule has 0 radical (unpaired) electrons. The molecule has 0 spiro atoms. The van der Waals surface area contributed by atoms with Crippen LogP contribution in [0.5, 0.6) is 0 Å². The van der Waals surface area contributed by atoms with Gasteiger partial charge in [-0.25, -0.2) is 9.78 Å². The van der Waals surface area contributed by atoms with Gasteiger partial charge in [-0.3, -0.25) is 13.9 Å². The lowest BCUT2D eigenvalue weighted by molar-refractivity contribution is 0.631. The summed E-state index contributed by atoms with van der Waals surface area (Å²) in [5, 5.41) is 1.07. The summed E-state index contributed by atoms with van der Waals surface area (Å²) in [4.78, 5) is 30.5. The third-order valence-electron chi connectivity index (χ3n) is 4.97. The summed E-state index contributed by atoms with van der Waals surface area (Å²) in [6, 6.07) is 9.96. The second-order valence-electron chi connectivity index (χ2n) is 6.55. The third kappa shape index (κ3) is 2.70. The molecule has 0 atom stereocenters. The van der Waals surface area contributed by atoms with E-state index in [2.05, 4.69) is 32.8 Å². The van der Waals surface area contributed by atoms with Gasteiger partial charge in [-0.2, -0.15) is 0 Å². The van der Waals surface area contributed by atoms with Gasteiger partial charge >= 0.3 is 5.69 Å². The lowest BCUT2D eigenvalue weighted by atomic mass is 10.2. The monoisotopic (exact) mass is 439 g/mol. The number of benzene rings is 1. The molecule has 1 aromatic carbocycles. The van der Waals surface area contributed by atoms with Crippen LogP contribution >= 0.6 is 15.9 Å². The Morgan fingerprint density at radius 3 is 2.57 bits per heavy atom. The molecule has 0 amide bonds. The first kappa shape index (κ1) is 18.3. The predicted octanol–water partition coefficient (Wildman–Crippen LogP) is 2.22. The van der Waals surface area contributed by atoms with Crippen LogP contribution in [0.2, 0.25) is 0 Å². The molecule has 28 heavy (non-hydrogen) atoms. The van der Waals surface area contributed by atoms with Crippen molar-refractivity contribution in [2.24, 2.45) is 14.1 Å². The van der Waals surface area contributed by atoms with Gasteiger partial charge in [0.1, 0.15) is 0 Å². The second-order valence-corrected chi connectivity index (χ2v) is 7.26. The Labute approximate surface area is 169 Å². The van der Waals surface area contributed by atoms with E-state index in [0.29, 0.717) is 22.4 Å². The van der Waals surface area contributed by atoms with Crippen LogP contribution in [-0.2, 0) is 27.2 Å². The molecular formula is C20H18BrN5O2. The standard InChI is InChI=1S/C20H18BrN5O2/c1-4-5-10-25-16-17(22-19(25)21)24(3)20(28)26(18(16)27)12-14-11-13-8-6-7-9-15(13)23(14)2/h6-9,11H,10,12H2,1-3H3. The van der Waals surface area contributed by atoms with Crippen LogP contribution < -0.4 is 11.2 Å². The highest BCUT2D eigenvalue weighted by Crippen LogP contribution is 2.19. The van der Waals surface area contributed by atoms with E-state index in [-0.39, 0.29) is 12.1 Å². The quantitative estimate of drug-likeness (QED) is 0.363. The van der Waals surface area contributed by atoms with Gasteiger partial charge in [0.05, 0.1) is 13.1 Å². The zero-order valence-corrected chi connectivity index (χ0v) is 17.3. The average molecular weight is 440 g/mol. The maximum atomic E-state index is 13.2. The topological polar surface area (TPSA) is 66.8 Å².